The van der Waals surface area contributed by atoms with Gasteiger partial charge in [-0.2, -0.15) is 5.10 Å². The maximum atomic E-state index is 4.85. The summed E-state index contributed by atoms with van der Waals surface area (Å²) >= 11 is 1.72. The van der Waals surface area contributed by atoms with E-state index in [0.717, 1.165) is 73.6 Å². The summed E-state index contributed by atoms with van der Waals surface area (Å²) in [7, 11) is 0. The summed E-state index contributed by atoms with van der Waals surface area (Å²) in [5.41, 5.74) is 4.23. The highest BCUT2D eigenvalue weighted by atomic mass is 32.1. The molecule has 8 heteroatoms. The summed E-state index contributed by atoms with van der Waals surface area (Å²) in [6, 6.07) is 1.98. The molecule has 1 aliphatic rings. The smallest absolute Gasteiger partial charge is 0.225 e. The first-order chi connectivity index (χ1) is 13.6. The van der Waals surface area contributed by atoms with Crippen LogP contribution in [0.15, 0.2) is 23.8 Å². The van der Waals surface area contributed by atoms with Gasteiger partial charge in [-0.25, -0.2) is 15.0 Å². The lowest BCUT2D eigenvalue weighted by molar-refractivity contribution is 0.246. The lowest BCUT2D eigenvalue weighted by Gasteiger charge is -2.34. The van der Waals surface area contributed by atoms with E-state index in [-0.39, 0.29) is 0 Å². The number of anilines is 1. The molecule has 0 spiro atoms. The number of hydrogen-bond donors (Lipinski definition) is 0. The zero-order chi connectivity index (χ0) is 19.5. The number of aryl methyl sites for hydroxylation is 3. The Balaban J connectivity index is 1.42. The van der Waals surface area contributed by atoms with Crippen LogP contribution in [0.5, 0.6) is 0 Å². The first kappa shape index (κ1) is 19.0. The molecule has 3 aromatic heterocycles. The van der Waals surface area contributed by atoms with Gasteiger partial charge in [0.15, 0.2) is 0 Å². The molecular formula is C20H27N7S. The van der Waals surface area contributed by atoms with Crippen molar-refractivity contribution in [3.8, 4) is 11.3 Å². The van der Waals surface area contributed by atoms with E-state index in [1.165, 1.54) is 5.69 Å². The highest BCUT2D eigenvalue weighted by Gasteiger charge is 2.20. The zero-order valence-electron chi connectivity index (χ0n) is 16.8. The van der Waals surface area contributed by atoms with E-state index >= 15 is 0 Å². The molecule has 0 unspecified atom stereocenters. The van der Waals surface area contributed by atoms with Gasteiger partial charge in [-0.3, -0.25) is 9.58 Å². The van der Waals surface area contributed by atoms with Crippen LogP contribution in [-0.2, 0) is 13.1 Å². The summed E-state index contributed by atoms with van der Waals surface area (Å²) in [6.45, 7) is 12.0. The molecule has 1 aliphatic heterocycles. The Labute approximate surface area is 170 Å². The van der Waals surface area contributed by atoms with Gasteiger partial charge in [-0.15, -0.1) is 11.3 Å². The van der Waals surface area contributed by atoms with Crippen LogP contribution in [0, 0.1) is 13.8 Å². The van der Waals surface area contributed by atoms with Crippen LogP contribution in [-0.4, -0.2) is 55.8 Å². The average molecular weight is 398 g/mol. The van der Waals surface area contributed by atoms with Crippen LogP contribution in [0.1, 0.15) is 29.7 Å². The summed E-state index contributed by atoms with van der Waals surface area (Å²) in [5.74, 6) is 0.810. The number of hydrogen-bond acceptors (Lipinski definition) is 7. The highest BCUT2D eigenvalue weighted by Crippen LogP contribution is 2.23. The molecular weight excluding hydrogens is 370 g/mol. The third-order valence-corrected chi connectivity index (χ3v) is 5.85. The van der Waals surface area contributed by atoms with E-state index in [2.05, 4.69) is 50.3 Å². The van der Waals surface area contributed by atoms with Gasteiger partial charge in [-0.05, 0) is 26.3 Å². The van der Waals surface area contributed by atoms with Crippen molar-refractivity contribution in [3.63, 3.8) is 0 Å². The minimum Gasteiger partial charge on any atom is -0.338 e. The molecule has 28 heavy (non-hydrogen) atoms. The fourth-order valence-corrected chi connectivity index (χ4v) is 4.18. The topological polar surface area (TPSA) is 63.0 Å². The Morgan fingerprint density at radius 1 is 1.11 bits per heavy atom. The van der Waals surface area contributed by atoms with Gasteiger partial charge in [-0.1, -0.05) is 6.92 Å². The molecule has 148 valence electrons. The fraction of sp³-hybridized carbons (Fsp3) is 0.500. The zero-order valence-corrected chi connectivity index (χ0v) is 17.6. The van der Waals surface area contributed by atoms with Crippen LogP contribution < -0.4 is 4.90 Å². The standard InChI is InChI=1S/C20H27N7S/c1-4-7-27-13-18(15(2)24-27)19-5-6-21-20(23-19)26-10-8-25(9-11-26)12-17-14-28-16(3)22-17/h5-6,13-14H,4,7-12H2,1-3H3. The minimum atomic E-state index is 0.810. The molecule has 0 amide bonds. The Hall–Kier alpha value is -2.32. The van der Waals surface area contributed by atoms with E-state index in [1.54, 1.807) is 11.3 Å². The Morgan fingerprint density at radius 3 is 2.64 bits per heavy atom. The predicted molar refractivity (Wildman–Crippen MR) is 113 cm³/mol. The summed E-state index contributed by atoms with van der Waals surface area (Å²) < 4.78 is 2.01. The van der Waals surface area contributed by atoms with Gasteiger partial charge >= 0.3 is 0 Å². The number of aromatic nitrogens is 5. The molecule has 0 aromatic carbocycles. The van der Waals surface area contributed by atoms with Crippen molar-refractivity contribution in [3.05, 3.63) is 40.2 Å². The van der Waals surface area contributed by atoms with E-state index < -0.39 is 0 Å². The fourth-order valence-electron chi connectivity index (χ4n) is 3.58. The third-order valence-electron chi connectivity index (χ3n) is 5.03. The number of thiazole rings is 1. The Bertz CT molecular complexity index is 924. The maximum absolute atomic E-state index is 4.85. The van der Waals surface area contributed by atoms with Crippen molar-refractivity contribution >= 4 is 17.3 Å². The molecule has 3 aromatic rings. The quantitative estimate of drug-likeness (QED) is 0.637. The van der Waals surface area contributed by atoms with Crippen molar-refractivity contribution < 1.29 is 0 Å². The van der Waals surface area contributed by atoms with Crippen LogP contribution in [0.2, 0.25) is 0 Å². The largest absolute Gasteiger partial charge is 0.338 e. The molecule has 0 N–H and O–H groups in total. The molecule has 7 nitrogen and oxygen atoms in total. The van der Waals surface area contributed by atoms with Crippen LogP contribution in [0.3, 0.4) is 0 Å². The van der Waals surface area contributed by atoms with Crippen molar-refractivity contribution in [2.45, 2.75) is 40.3 Å². The predicted octanol–water partition coefficient (Wildman–Crippen LogP) is 3.15. The van der Waals surface area contributed by atoms with Crippen LogP contribution >= 0.6 is 11.3 Å². The second-order valence-corrected chi connectivity index (χ2v) is 8.32. The summed E-state index contributed by atoms with van der Waals surface area (Å²) in [6.07, 6.45) is 5.03. The molecule has 0 radical (unpaired) electrons. The third kappa shape index (κ3) is 4.23. The van der Waals surface area contributed by atoms with Gasteiger partial charge in [0.2, 0.25) is 5.95 Å². The monoisotopic (exact) mass is 397 g/mol. The first-order valence-electron chi connectivity index (χ1n) is 9.88. The molecule has 0 atom stereocenters. The van der Waals surface area contributed by atoms with E-state index in [1.807, 2.05) is 23.9 Å². The second kappa shape index (κ2) is 8.36. The van der Waals surface area contributed by atoms with Gasteiger partial charge < -0.3 is 4.90 Å². The normalized spacial score (nSPS) is 15.3. The summed E-state index contributed by atoms with van der Waals surface area (Å²) in [5, 5.41) is 7.90. The van der Waals surface area contributed by atoms with Crippen molar-refractivity contribution in [1.29, 1.82) is 0 Å². The number of nitrogens with zero attached hydrogens (tertiary/aromatic N) is 7. The van der Waals surface area contributed by atoms with E-state index in [4.69, 9.17) is 4.98 Å². The SMILES string of the molecule is CCCn1cc(-c2ccnc(N3CCN(Cc4csc(C)n4)CC3)n2)c(C)n1. The second-order valence-electron chi connectivity index (χ2n) is 7.25. The van der Waals surface area contributed by atoms with Crippen molar-refractivity contribution in [2.24, 2.45) is 0 Å². The highest BCUT2D eigenvalue weighted by molar-refractivity contribution is 7.09. The van der Waals surface area contributed by atoms with Gasteiger partial charge in [0.1, 0.15) is 0 Å². The average Bonchev–Trinajstić information content (AvgIpc) is 3.28. The Kier molecular flexibility index (Phi) is 5.68. The van der Waals surface area contributed by atoms with Gasteiger partial charge in [0.05, 0.1) is 22.1 Å². The number of piperazine rings is 1. The van der Waals surface area contributed by atoms with E-state index in [9.17, 15) is 0 Å². The molecule has 4 heterocycles. The first-order valence-corrected chi connectivity index (χ1v) is 10.8. The lowest BCUT2D eigenvalue weighted by atomic mass is 10.2. The lowest BCUT2D eigenvalue weighted by Crippen LogP contribution is -2.46. The van der Waals surface area contributed by atoms with Crippen molar-refractivity contribution in [2.75, 3.05) is 31.1 Å². The van der Waals surface area contributed by atoms with Gasteiger partial charge in [0, 0.05) is 62.6 Å². The molecule has 4 rings (SSSR count). The summed E-state index contributed by atoms with van der Waals surface area (Å²) in [4.78, 5) is 18.7. The molecule has 1 saturated heterocycles. The maximum Gasteiger partial charge on any atom is 0.225 e. The van der Waals surface area contributed by atoms with Crippen LogP contribution in [0.4, 0.5) is 5.95 Å². The van der Waals surface area contributed by atoms with E-state index in [0.29, 0.717) is 0 Å². The Morgan fingerprint density at radius 2 is 1.93 bits per heavy atom. The van der Waals surface area contributed by atoms with Crippen LogP contribution in [0.25, 0.3) is 11.3 Å². The molecule has 0 aliphatic carbocycles. The van der Waals surface area contributed by atoms with Crippen molar-refractivity contribution in [1.82, 2.24) is 29.6 Å². The molecule has 0 bridgehead atoms. The molecule has 0 saturated carbocycles. The molecule has 1 fully saturated rings. The number of rotatable bonds is 6. The minimum absolute atomic E-state index is 0.810. The van der Waals surface area contributed by atoms with Gasteiger partial charge in [0.25, 0.3) is 0 Å².